The van der Waals surface area contributed by atoms with Gasteiger partial charge in [-0.1, -0.05) is 18.2 Å². The van der Waals surface area contributed by atoms with E-state index in [0.29, 0.717) is 17.5 Å². The van der Waals surface area contributed by atoms with Crippen molar-refractivity contribution in [3.8, 4) is 11.5 Å². The number of hydrazine groups is 1. The summed E-state index contributed by atoms with van der Waals surface area (Å²) in [4.78, 5) is 4.37. The van der Waals surface area contributed by atoms with Crippen molar-refractivity contribution in [3.63, 3.8) is 0 Å². The molecule has 2 aromatic rings. The van der Waals surface area contributed by atoms with Gasteiger partial charge in [0.2, 0.25) is 5.96 Å². The van der Waals surface area contributed by atoms with E-state index >= 15 is 0 Å². The number of guanidine groups is 1. The van der Waals surface area contributed by atoms with Crippen molar-refractivity contribution >= 4 is 17.3 Å². The number of anilines is 1. The van der Waals surface area contributed by atoms with Gasteiger partial charge in [0.05, 0.1) is 19.9 Å². The molecule has 0 saturated carbocycles. The first kappa shape index (κ1) is 14.7. The maximum absolute atomic E-state index is 5.50. The highest BCUT2D eigenvalue weighted by Crippen LogP contribution is 2.25. The molecule has 0 fully saturated rings. The van der Waals surface area contributed by atoms with Crippen LogP contribution in [0.1, 0.15) is 0 Å². The Morgan fingerprint density at radius 1 is 1.00 bits per heavy atom. The predicted octanol–water partition coefficient (Wildman–Crippen LogP) is 2.27. The molecule has 0 radical (unpaired) electrons. The van der Waals surface area contributed by atoms with E-state index in [2.05, 4.69) is 15.7 Å². The molecule has 0 bridgehead atoms. The third-order valence-corrected chi connectivity index (χ3v) is 2.75. The molecule has 4 N–H and O–H groups in total. The van der Waals surface area contributed by atoms with Gasteiger partial charge in [-0.2, -0.15) is 0 Å². The van der Waals surface area contributed by atoms with Crippen LogP contribution in [0.4, 0.5) is 11.4 Å². The standard InChI is InChI=1S/C15H18N4O2/c1-20-13-8-12(9-14(10-13)21-2)18-15(19-16)17-11-6-4-3-5-7-11/h3-10H,16H2,1-2H3,(H2,17,18,19). The van der Waals surface area contributed by atoms with Crippen LogP contribution in [-0.4, -0.2) is 20.2 Å². The number of hydrogen-bond acceptors (Lipinski definition) is 4. The molecule has 0 unspecified atom stereocenters. The normalized spacial score (nSPS) is 10.9. The number of hydrogen-bond donors (Lipinski definition) is 3. The van der Waals surface area contributed by atoms with Crippen molar-refractivity contribution in [3.05, 3.63) is 48.5 Å². The maximum atomic E-state index is 5.50. The predicted molar refractivity (Wildman–Crippen MR) is 84.0 cm³/mol. The Balaban J connectivity index is 2.24. The molecule has 0 saturated heterocycles. The lowest BCUT2D eigenvalue weighted by Gasteiger charge is -2.12. The van der Waals surface area contributed by atoms with Crippen LogP contribution in [0.25, 0.3) is 0 Å². The lowest BCUT2D eigenvalue weighted by atomic mass is 10.3. The highest BCUT2D eigenvalue weighted by molar-refractivity contribution is 5.95. The molecule has 2 rings (SSSR count). The highest BCUT2D eigenvalue weighted by Gasteiger charge is 2.04. The summed E-state index contributed by atoms with van der Waals surface area (Å²) in [6.45, 7) is 0. The van der Waals surface area contributed by atoms with Gasteiger partial charge in [0.1, 0.15) is 11.5 Å². The number of para-hydroxylation sites is 1. The minimum absolute atomic E-state index is 0.413. The fourth-order valence-corrected chi connectivity index (χ4v) is 1.74. The number of nitrogens with two attached hydrogens (primary N) is 1. The van der Waals surface area contributed by atoms with Gasteiger partial charge in [0, 0.05) is 23.9 Å². The van der Waals surface area contributed by atoms with Crippen molar-refractivity contribution in [1.82, 2.24) is 5.43 Å². The second-order valence-corrected chi connectivity index (χ2v) is 4.17. The second kappa shape index (κ2) is 7.16. The molecule has 0 amide bonds. The van der Waals surface area contributed by atoms with E-state index in [1.165, 1.54) is 0 Å². The smallest absolute Gasteiger partial charge is 0.215 e. The zero-order valence-corrected chi connectivity index (χ0v) is 12.0. The molecular weight excluding hydrogens is 268 g/mol. The summed E-state index contributed by atoms with van der Waals surface area (Å²) >= 11 is 0. The molecule has 110 valence electrons. The second-order valence-electron chi connectivity index (χ2n) is 4.17. The molecule has 0 heterocycles. The van der Waals surface area contributed by atoms with Gasteiger partial charge in [-0.05, 0) is 12.1 Å². The van der Waals surface area contributed by atoms with Crippen LogP contribution in [0.15, 0.2) is 53.5 Å². The molecule has 21 heavy (non-hydrogen) atoms. The summed E-state index contributed by atoms with van der Waals surface area (Å²) < 4.78 is 10.4. The SMILES string of the molecule is COc1cc(NC(=Nc2ccccc2)NN)cc(OC)c1. The van der Waals surface area contributed by atoms with E-state index in [1.54, 1.807) is 20.3 Å². The Bertz CT molecular complexity index is 592. The van der Waals surface area contributed by atoms with E-state index < -0.39 is 0 Å². The van der Waals surface area contributed by atoms with E-state index in [-0.39, 0.29) is 0 Å². The molecule has 0 aliphatic rings. The Morgan fingerprint density at radius 2 is 1.62 bits per heavy atom. The van der Waals surface area contributed by atoms with E-state index in [1.807, 2.05) is 42.5 Å². The fourth-order valence-electron chi connectivity index (χ4n) is 1.74. The van der Waals surface area contributed by atoms with Crippen LogP contribution < -0.4 is 26.1 Å². The number of nitrogens with one attached hydrogen (secondary N) is 2. The van der Waals surface area contributed by atoms with Crippen molar-refractivity contribution in [2.45, 2.75) is 0 Å². The average Bonchev–Trinajstić information content (AvgIpc) is 2.54. The minimum atomic E-state index is 0.413. The zero-order valence-electron chi connectivity index (χ0n) is 12.0. The monoisotopic (exact) mass is 286 g/mol. The van der Waals surface area contributed by atoms with Crippen LogP contribution in [0, 0.1) is 0 Å². The highest BCUT2D eigenvalue weighted by atomic mass is 16.5. The molecule has 2 aromatic carbocycles. The third kappa shape index (κ3) is 4.12. The van der Waals surface area contributed by atoms with Crippen LogP contribution >= 0.6 is 0 Å². The number of rotatable bonds is 4. The molecule has 6 heteroatoms. The van der Waals surface area contributed by atoms with Crippen LogP contribution in [0.2, 0.25) is 0 Å². The van der Waals surface area contributed by atoms with E-state index in [0.717, 1.165) is 11.4 Å². The summed E-state index contributed by atoms with van der Waals surface area (Å²) in [6.07, 6.45) is 0. The lowest BCUT2D eigenvalue weighted by Crippen LogP contribution is -2.35. The Kier molecular flexibility index (Phi) is 5.00. The first-order valence-electron chi connectivity index (χ1n) is 6.35. The molecule has 6 nitrogen and oxygen atoms in total. The van der Waals surface area contributed by atoms with Gasteiger partial charge in [0.25, 0.3) is 0 Å². The van der Waals surface area contributed by atoms with Gasteiger partial charge in [-0.25, -0.2) is 10.8 Å². The molecule has 0 aliphatic carbocycles. The number of aliphatic imine (C=N–C) groups is 1. The molecular formula is C15H18N4O2. The van der Waals surface area contributed by atoms with Crippen molar-refractivity contribution < 1.29 is 9.47 Å². The quantitative estimate of drug-likeness (QED) is 0.348. The topological polar surface area (TPSA) is 80.9 Å². The Hall–Kier alpha value is -2.73. The van der Waals surface area contributed by atoms with E-state index in [4.69, 9.17) is 15.3 Å². The summed E-state index contributed by atoms with van der Waals surface area (Å²) in [5.74, 6) is 7.27. The lowest BCUT2D eigenvalue weighted by molar-refractivity contribution is 0.395. The largest absolute Gasteiger partial charge is 0.497 e. The molecule has 0 aliphatic heterocycles. The zero-order chi connectivity index (χ0) is 15.1. The fraction of sp³-hybridized carbons (Fsp3) is 0.133. The number of methoxy groups -OCH3 is 2. The molecule has 0 aromatic heterocycles. The first-order chi connectivity index (χ1) is 10.2. The minimum Gasteiger partial charge on any atom is -0.497 e. The molecule has 0 atom stereocenters. The van der Waals surface area contributed by atoms with Crippen molar-refractivity contribution in [1.29, 1.82) is 0 Å². The summed E-state index contributed by atoms with van der Waals surface area (Å²) in [6, 6.07) is 14.9. The Labute approximate surface area is 123 Å². The summed E-state index contributed by atoms with van der Waals surface area (Å²) in [5.41, 5.74) is 4.07. The number of ether oxygens (including phenoxy) is 2. The van der Waals surface area contributed by atoms with Gasteiger partial charge in [-0.15, -0.1) is 0 Å². The van der Waals surface area contributed by atoms with Gasteiger partial charge >= 0.3 is 0 Å². The summed E-state index contributed by atoms with van der Waals surface area (Å²) in [7, 11) is 3.19. The summed E-state index contributed by atoms with van der Waals surface area (Å²) in [5, 5.41) is 3.08. The molecule has 0 spiro atoms. The van der Waals surface area contributed by atoms with Gasteiger partial charge < -0.3 is 14.8 Å². The number of nitrogens with zero attached hydrogens (tertiary/aromatic N) is 1. The Morgan fingerprint density at radius 3 is 2.14 bits per heavy atom. The first-order valence-corrected chi connectivity index (χ1v) is 6.35. The maximum Gasteiger partial charge on any atom is 0.215 e. The van der Waals surface area contributed by atoms with E-state index in [9.17, 15) is 0 Å². The van der Waals surface area contributed by atoms with Gasteiger partial charge in [-0.3, -0.25) is 5.43 Å². The van der Waals surface area contributed by atoms with Crippen molar-refractivity contribution in [2.75, 3.05) is 19.5 Å². The van der Waals surface area contributed by atoms with Crippen LogP contribution in [0.5, 0.6) is 11.5 Å². The van der Waals surface area contributed by atoms with Gasteiger partial charge in [0.15, 0.2) is 0 Å². The third-order valence-electron chi connectivity index (χ3n) is 2.75. The van der Waals surface area contributed by atoms with Crippen molar-refractivity contribution in [2.24, 2.45) is 10.8 Å². The average molecular weight is 286 g/mol. The van der Waals surface area contributed by atoms with Crippen LogP contribution in [0.3, 0.4) is 0 Å². The number of benzene rings is 2. The van der Waals surface area contributed by atoms with Crippen LogP contribution in [-0.2, 0) is 0 Å².